The van der Waals surface area contributed by atoms with E-state index in [0.717, 1.165) is 22.3 Å². The second-order valence-electron chi connectivity index (χ2n) is 10.1. The minimum atomic E-state index is -0.653. The molecular weight excluding hydrogens is 568 g/mol. The second-order valence-corrected chi connectivity index (χ2v) is 11.1. The van der Waals surface area contributed by atoms with Gasteiger partial charge in [-0.3, -0.25) is 9.36 Å². The summed E-state index contributed by atoms with van der Waals surface area (Å²) < 4.78 is 29.9. The van der Waals surface area contributed by atoms with Crippen LogP contribution in [-0.4, -0.2) is 31.0 Å². The van der Waals surface area contributed by atoms with Crippen molar-refractivity contribution in [3.05, 3.63) is 114 Å². The maximum absolute atomic E-state index is 13.9. The van der Waals surface area contributed by atoms with E-state index in [1.807, 2.05) is 67.6 Å². The number of aryl methyl sites for hydroxylation is 1. The Balaban J connectivity index is 1.34. The molecule has 0 aliphatic carbocycles. The van der Waals surface area contributed by atoms with Crippen LogP contribution in [0.2, 0.25) is 0 Å². The van der Waals surface area contributed by atoms with Crippen molar-refractivity contribution in [1.29, 1.82) is 0 Å². The lowest BCUT2D eigenvalue weighted by atomic mass is 9.95. The predicted octanol–water partition coefficient (Wildman–Crippen LogP) is 4.42. The Kier molecular flexibility index (Phi) is 7.77. The van der Waals surface area contributed by atoms with Crippen LogP contribution in [0.25, 0.3) is 6.08 Å². The molecular formula is C33H30N2O7S. The fraction of sp³-hybridized carbons (Fsp3) is 0.242. The summed E-state index contributed by atoms with van der Waals surface area (Å²) in [5.41, 5.74) is 4.21. The first-order valence-corrected chi connectivity index (χ1v) is 14.6. The molecule has 0 fully saturated rings. The number of allylic oxidation sites excluding steroid dienone is 1. The average molecular weight is 599 g/mol. The first-order chi connectivity index (χ1) is 20.9. The van der Waals surface area contributed by atoms with Crippen LogP contribution < -0.4 is 33.8 Å². The molecule has 4 aromatic rings. The van der Waals surface area contributed by atoms with Crippen LogP contribution in [0.4, 0.5) is 0 Å². The maximum Gasteiger partial charge on any atom is 0.338 e. The van der Waals surface area contributed by atoms with Crippen molar-refractivity contribution in [1.82, 2.24) is 4.57 Å². The quantitative estimate of drug-likeness (QED) is 0.277. The van der Waals surface area contributed by atoms with E-state index in [1.165, 1.54) is 11.3 Å². The van der Waals surface area contributed by atoms with E-state index < -0.39 is 12.0 Å². The standard InChI is InChI=1S/C33H30N2O7S/c1-5-39-32(37)29-20(3)34-33-35(30(29)23-10-6-19(2)7-11-23)31(36)28(43-33)16-21-8-12-24(26(14-21)38-4)40-17-22-9-13-25-27(15-22)42-18-41-25/h6-16,30H,5,17-18H2,1-4H3/b28-16+/t30-/m1/s1. The third kappa shape index (κ3) is 5.53. The molecule has 1 aromatic heterocycles. The molecule has 3 aromatic carbocycles. The van der Waals surface area contributed by atoms with E-state index in [9.17, 15) is 9.59 Å². The molecule has 0 N–H and O–H groups in total. The summed E-state index contributed by atoms with van der Waals surface area (Å²) in [7, 11) is 1.57. The van der Waals surface area contributed by atoms with E-state index in [1.54, 1.807) is 31.6 Å². The van der Waals surface area contributed by atoms with E-state index >= 15 is 0 Å². The number of thiazole rings is 1. The number of carbonyl (C=O) groups excluding carboxylic acids is 1. The molecule has 0 saturated carbocycles. The number of hydrogen-bond donors (Lipinski definition) is 0. The van der Waals surface area contributed by atoms with Crippen molar-refractivity contribution in [3.8, 4) is 23.0 Å². The van der Waals surface area contributed by atoms with E-state index in [4.69, 9.17) is 23.7 Å². The second kappa shape index (κ2) is 11.8. The molecule has 0 bridgehead atoms. The van der Waals surface area contributed by atoms with Crippen LogP contribution in [-0.2, 0) is 16.1 Å². The lowest BCUT2D eigenvalue weighted by Crippen LogP contribution is -2.39. The van der Waals surface area contributed by atoms with Gasteiger partial charge in [0.2, 0.25) is 6.79 Å². The largest absolute Gasteiger partial charge is 0.493 e. The zero-order valence-corrected chi connectivity index (χ0v) is 25.0. The molecule has 6 rings (SSSR count). The molecule has 0 unspecified atom stereocenters. The summed E-state index contributed by atoms with van der Waals surface area (Å²) >= 11 is 1.27. The summed E-state index contributed by atoms with van der Waals surface area (Å²) in [6, 6.07) is 18.3. The molecule has 0 amide bonds. The van der Waals surface area contributed by atoms with Crippen molar-refractivity contribution in [2.45, 2.75) is 33.4 Å². The van der Waals surface area contributed by atoms with E-state index in [0.29, 0.717) is 50.2 Å². The lowest BCUT2D eigenvalue weighted by molar-refractivity contribution is -0.139. The number of rotatable bonds is 8. The summed E-state index contributed by atoms with van der Waals surface area (Å²) in [5, 5.41) is 0. The lowest BCUT2D eigenvalue weighted by Gasteiger charge is -2.24. The monoisotopic (exact) mass is 598 g/mol. The fourth-order valence-corrected chi connectivity index (χ4v) is 6.14. The number of carbonyl (C=O) groups is 1. The number of methoxy groups -OCH3 is 1. The molecule has 10 heteroatoms. The smallest absolute Gasteiger partial charge is 0.338 e. The highest BCUT2D eigenvalue weighted by molar-refractivity contribution is 7.07. The third-order valence-electron chi connectivity index (χ3n) is 7.23. The van der Waals surface area contributed by atoms with Crippen LogP contribution >= 0.6 is 11.3 Å². The number of nitrogens with zero attached hydrogens (tertiary/aromatic N) is 2. The molecule has 43 heavy (non-hydrogen) atoms. The Morgan fingerprint density at radius 2 is 1.84 bits per heavy atom. The molecule has 2 aliphatic heterocycles. The Labute approximate surface area is 251 Å². The first-order valence-electron chi connectivity index (χ1n) is 13.8. The predicted molar refractivity (Wildman–Crippen MR) is 161 cm³/mol. The molecule has 0 saturated heterocycles. The van der Waals surface area contributed by atoms with E-state index in [2.05, 4.69) is 4.99 Å². The number of hydrogen-bond acceptors (Lipinski definition) is 9. The minimum absolute atomic E-state index is 0.214. The summed E-state index contributed by atoms with van der Waals surface area (Å²) in [6.45, 7) is 6.27. The van der Waals surface area contributed by atoms with Crippen LogP contribution in [0.1, 0.15) is 42.1 Å². The normalized spacial score (nSPS) is 15.6. The van der Waals surface area contributed by atoms with Gasteiger partial charge < -0.3 is 23.7 Å². The minimum Gasteiger partial charge on any atom is -0.493 e. The molecule has 0 radical (unpaired) electrons. The van der Waals surface area contributed by atoms with Gasteiger partial charge in [0.15, 0.2) is 27.8 Å². The van der Waals surface area contributed by atoms with Gasteiger partial charge in [-0.05, 0) is 67.8 Å². The number of ether oxygens (including phenoxy) is 5. The van der Waals surface area contributed by atoms with Gasteiger partial charge in [0.1, 0.15) is 6.61 Å². The zero-order chi connectivity index (χ0) is 30.1. The van der Waals surface area contributed by atoms with Gasteiger partial charge in [0.25, 0.3) is 5.56 Å². The van der Waals surface area contributed by atoms with Gasteiger partial charge >= 0.3 is 5.97 Å². The molecule has 1 atom stereocenters. The molecule has 3 heterocycles. The van der Waals surface area contributed by atoms with Gasteiger partial charge in [0.05, 0.1) is 35.6 Å². The van der Waals surface area contributed by atoms with E-state index in [-0.39, 0.29) is 19.0 Å². The van der Waals surface area contributed by atoms with Crippen molar-refractivity contribution in [2.24, 2.45) is 4.99 Å². The van der Waals surface area contributed by atoms with Gasteiger partial charge in [-0.25, -0.2) is 9.79 Å². The highest BCUT2D eigenvalue weighted by Gasteiger charge is 2.33. The van der Waals surface area contributed by atoms with Crippen LogP contribution in [0.15, 0.2) is 81.7 Å². The fourth-order valence-electron chi connectivity index (χ4n) is 5.09. The van der Waals surface area contributed by atoms with Gasteiger partial charge in [-0.1, -0.05) is 53.3 Å². The van der Waals surface area contributed by atoms with Gasteiger partial charge in [-0.15, -0.1) is 0 Å². The van der Waals surface area contributed by atoms with Crippen LogP contribution in [0, 0.1) is 6.92 Å². The number of fused-ring (bicyclic) bond motifs is 2. The first kappa shape index (κ1) is 28.3. The SMILES string of the molecule is CCOC(=O)C1=C(C)N=c2s/c(=C/c3ccc(OCc4ccc5c(c4)OCO5)c(OC)c3)c(=O)n2[C@@H]1c1ccc(C)cc1. The molecule has 220 valence electrons. The molecule has 9 nitrogen and oxygen atoms in total. The van der Waals surface area contributed by atoms with Crippen LogP contribution in [0.3, 0.4) is 0 Å². The Hall–Kier alpha value is -4.83. The van der Waals surface area contributed by atoms with Crippen molar-refractivity contribution >= 4 is 23.4 Å². The van der Waals surface area contributed by atoms with Gasteiger partial charge in [-0.2, -0.15) is 0 Å². The summed E-state index contributed by atoms with van der Waals surface area (Å²) in [6.07, 6.45) is 1.80. The van der Waals surface area contributed by atoms with Gasteiger partial charge in [0, 0.05) is 0 Å². The Bertz CT molecular complexity index is 1920. The third-order valence-corrected chi connectivity index (χ3v) is 8.21. The molecule has 0 spiro atoms. The maximum atomic E-state index is 13.9. The summed E-state index contributed by atoms with van der Waals surface area (Å²) in [4.78, 5) is 32.1. The molecule has 2 aliphatic rings. The van der Waals surface area contributed by atoms with Crippen molar-refractivity contribution in [3.63, 3.8) is 0 Å². The van der Waals surface area contributed by atoms with Crippen molar-refractivity contribution < 1.29 is 28.5 Å². The summed E-state index contributed by atoms with van der Waals surface area (Å²) in [5.74, 6) is 2.02. The zero-order valence-electron chi connectivity index (χ0n) is 24.2. The Morgan fingerprint density at radius 3 is 2.60 bits per heavy atom. The topological polar surface area (TPSA) is 97.6 Å². The number of esters is 1. The average Bonchev–Trinajstić information content (AvgIpc) is 3.59. The highest BCUT2D eigenvalue weighted by Crippen LogP contribution is 2.34. The van der Waals surface area contributed by atoms with Crippen LogP contribution in [0.5, 0.6) is 23.0 Å². The number of benzene rings is 3. The Morgan fingerprint density at radius 1 is 1.05 bits per heavy atom. The highest BCUT2D eigenvalue weighted by atomic mass is 32.1. The number of aromatic nitrogens is 1. The van der Waals surface area contributed by atoms with Crippen molar-refractivity contribution in [2.75, 3.05) is 20.5 Å².